The van der Waals surface area contributed by atoms with Crippen molar-refractivity contribution in [2.45, 2.75) is 6.54 Å². The van der Waals surface area contributed by atoms with Crippen molar-refractivity contribution in [3.63, 3.8) is 0 Å². The van der Waals surface area contributed by atoms with Gasteiger partial charge in [0.25, 0.3) is 5.56 Å². The number of anilines is 1. The van der Waals surface area contributed by atoms with E-state index in [1.54, 1.807) is 15.9 Å². The first kappa shape index (κ1) is 13.4. The number of fused-ring (bicyclic) bond motifs is 1. The first-order chi connectivity index (χ1) is 9.74. The van der Waals surface area contributed by atoms with Crippen LogP contribution in [-0.2, 0) is 6.54 Å². The van der Waals surface area contributed by atoms with Crippen LogP contribution in [0, 0.1) is 0 Å². The third kappa shape index (κ3) is 2.78. The Hall–Kier alpha value is -1.59. The minimum atomic E-state index is 0.0831. The van der Waals surface area contributed by atoms with Crippen molar-refractivity contribution in [3.05, 3.63) is 62.8 Å². The van der Waals surface area contributed by atoms with E-state index in [-0.39, 0.29) is 5.56 Å². The van der Waals surface area contributed by atoms with Crippen LogP contribution in [0.1, 0.15) is 0 Å². The monoisotopic (exact) mass is 348 g/mol. The van der Waals surface area contributed by atoms with Crippen molar-refractivity contribution in [3.8, 4) is 0 Å². The molecule has 0 saturated heterocycles. The van der Waals surface area contributed by atoms with Crippen molar-refractivity contribution in [1.82, 2.24) is 4.57 Å². The smallest absolute Gasteiger partial charge is 0.259 e. The van der Waals surface area contributed by atoms with Crippen molar-refractivity contribution in [2.24, 2.45) is 0 Å². The molecule has 0 fully saturated rings. The molecule has 2 heterocycles. The number of halogens is 1. The van der Waals surface area contributed by atoms with Crippen LogP contribution >= 0.6 is 27.3 Å². The van der Waals surface area contributed by atoms with Gasteiger partial charge in [0.1, 0.15) is 0 Å². The molecule has 0 radical (unpaired) electrons. The Balaban J connectivity index is 1.71. The fraction of sp³-hybridized carbons (Fsp3) is 0.133. The summed E-state index contributed by atoms with van der Waals surface area (Å²) in [5, 5.41) is 6.08. The van der Waals surface area contributed by atoms with Crippen LogP contribution in [0.15, 0.2) is 57.2 Å². The Morgan fingerprint density at radius 1 is 1.25 bits per heavy atom. The normalized spacial score (nSPS) is 10.8. The van der Waals surface area contributed by atoms with Gasteiger partial charge >= 0.3 is 0 Å². The minimum Gasteiger partial charge on any atom is -0.383 e. The SMILES string of the molecule is O=c1c2ccsc2ccn1CCNc1cccc(Br)c1. The number of aromatic nitrogens is 1. The molecule has 0 aliphatic carbocycles. The second kappa shape index (κ2) is 5.81. The number of nitrogens with zero attached hydrogens (tertiary/aromatic N) is 1. The Bertz CT molecular complexity index is 794. The number of benzene rings is 1. The van der Waals surface area contributed by atoms with Gasteiger partial charge in [0, 0.05) is 34.1 Å². The second-order valence-corrected chi connectivity index (χ2v) is 6.31. The number of hydrogen-bond donors (Lipinski definition) is 1. The van der Waals surface area contributed by atoms with Crippen LogP contribution in [0.25, 0.3) is 10.1 Å². The van der Waals surface area contributed by atoms with E-state index in [0.29, 0.717) is 13.1 Å². The zero-order valence-electron chi connectivity index (χ0n) is 10.7. The molecule has 0 saturated carbocycles. The first-order valence-corrected chi connectivity index (χ1v) is 7.97. The molecule has 2 aromatic heterocycles. The average Bonchev–Trinajstić information content (AvgIpc) is 2.91. The highest BCUT2D eigenvalue weighted by molar-refractivity contribution is 9.10. The number of thiophene rings is 1. The van der Waals surface area contributed by atoms with E-state index >= 15 is 0 Å². The number of nitrogens with one attached hydrogen (secondary N) is 1. The molecule has 1 N–H and O–H groups in total. The Morgan fingerprint density at radius 3 is 3.00 bits per heavy atom. The fourth-order valence-corrected chi connectivity index (χ4v) is 3.27. The molecule has 1 aromatic carbocycles. The van der Waals surface area contributed by atoms with E-state index in [2.05, 4.69) is 21.2 Å². The molecule has 0 aliphatic rings. The second-order valence-electron chi connectivity index (χ2n) is 4.45. The predicted octanol–water partition coefficient (Wildman–Crippen LogP) is 3.94. The highest BCUT2D eigenvalue weighted by Crippen LogP contribution is 2.17. The lowest BCUT2D eigenvalue weighted by Crippen LogP contribution is -2.22. The standard InChI is InChI=1S/C15H13BrN2OS/c16-11-2-1-3-12(10-11)17-6-8-18-7-4-14-13(15(18)19)5-9-20-14/h1-5,7,9-10,17H,6,8H2. The lowest BCUT2D eigenvalue weighted by Gasteiger charge is -2.09. The number of pyridine rings is 1. The first-order valence-electron chi connectivity index (χ1n) is 6.30. The zero-order valence-corrected chi connectivity index (χ0v) is 13.1. The van der Waals surface area contributed by atoms with Gasteiger partial charge in [0.2, 0.25) is 0 Å². The highest BCUT2D eigenvalue weighted by atomic mass is 79.9. The Kier molecular flexibility index (Phi) is 3.89. The van der Waals surface area contributed by atoms with Gasteiger partial charge in [0.15, 0.2) is 0 Å². The van der Waals surface area contributed by atoms with Crippen molar-refractivity contribution in [2.75, 3.05) is 11.9 Å². The molecule has 0 aliphatic heterocycles. The summed E-state index contributed by atoms with van der Waals surface area (Å²) < 4.78 is 3.84. The summed E-state index contributed by atoms with van der Waals surface area (Å²) in [5.74, 6) is 0. The molecule has 3 aromatic rings. The maximum absolute atomic E-state index is 12.2. The Morgan fingerprint density at radius 2 is 2.15 bits per heavy atom. The molecule has 5 heteroatoms. The summed E-state index contributed by atoms with van der Waals surface area (Å²) in [6.07, 6.45) is 1.86. The molecule has 0 spiro atoms. The maximum Gasteiger partial charge on any atom is 0.259 e. The molecule has 0 atom stereocenters. The summed E-state index contributed by atoms with van der Waals surface area (Å²) in [6, 6.07) is 11.9. The van der Waals surface area contributed by atoms with Crippen molar-refractivity contribution in [1.29, 1.82) is 0 Å². The maximum atomic E-state index is 12.2. The van der Waals surface area contributed by atoms with Gasteiger partial charge < -0.3 is 9.88 Å². The van der Waals surface area contributed by atoms with Crippen LogP contribution < -0.4 is 10.9 Å². The third-order valence-corrected chi connectivity index (χ3v) is 4.47. The van der Waals surface area contributed by atoms with Gasteiger partial charge in [-0.2, -0.15) is 0 Å². The molecule has 0 amide bonds. The molecule has 20 heavy (non-hydrogen) atoms. The van der Waals surface area contributed by atoms with Crippen LogP contribution in [0.3, 0.4) is 0 Å². The van der Waals surface area contributed by atoms with E-state index in [9.17, 15) is 4.79 Å². The average molecular weight is 349 g/mol. The van der Waals surface area contributed by atoms with Crippen molar-refractivity contribution >= 4 is 43.0 Å². The Labute approximate surface area is 129 Å². The van der Waals surface area contributed by atoms with Gasteiger partial charge in [-0.15, -0.1) is 11.3 Å². The van der Waals surface area contributed by atoms with E-state index in [0.717, 1.165) is 20.2 Å². The van der Waals surface area contributed by atoms with Gasteiger partial charge in [-0.25, -0.2) is 0 Å². The van der Waals surface area contributed by atoms with E-state index in [4.69, 9.17) is 0 Å². The van der Waals surface area contributed by atoms with Crippen LogP contribution in [0.5, 0.6) is 0 Å². The molecule has 0 bridgehead atoms. The van der Waals surface area contributed by atoms with Gasteiger partial charge in [-0.1, -0.05) is 22.0 Å². The van der Waals surface area contributed by atoms with Crippen LogP contribution in [0.2, 0.25) is 0 Å². The van der Waals surface area contributed by atoms with Gasteiger partial charge in [0.05, 0.1) is 5.39 Å². The van der Waals surface area contributed by atoms with E-state index in [1.165, 1.54) is 0 Å². The summed E-state index contributed by atoms with van der Waals surface area (Å²) in [7, 11) is 0. The summed E-state index contributed by atoms with van der Waals surface area (Å²) >= 11 is 5.04. The van der Waals surface area contributed by atoms with Crippen LogP contribution in [0.4, 0.5) is 5.69 Å². The lowest BCUT2D eigenvalue weighted by atomic mass is 10.3. The van der Waals surface area contributed by atoms with Gasteiger partial charge in [-0.05, 0) is 35.7 Å². The molecule has 3 nitrogen and oxygen atoms in total. The van der Waals surface area contributed by atoms with E-state index < -0.39 is 0 Å². The van der Waals surface area contributed by atoms with Crippen LogP contribution in [-0.4, -0.2) is 11.1 Å². The lowest BCUT2D eigenvalue weighted by molar-refractivity contribution is 0.704. The van der Waals surface area contributed by atoms with E-state index in [1.807, 2.05) is 48.0 Å². The van der Waals surface area contributed by atoms with Crippen molar-refractivity contribution < 1.29 is 0 Å². The molecule has 0 unspecified atom stereocenters. The summed E-state index contributed by atoms with van der Waals surface area (Å²) in [6.45, 7) is 1.36. The fourth-order valence-electron chi connectivity index (χ4n) is 2.10. The minimum absolute atomic E-state index is 0.0831. The zero-order chi connectivity index (χ0) is 13.9. The molecule has 102 valence electrons. The number of rotatable bonds is 4. The molecular formula is C15H13BrN2OS. The molecular weight excluding hydrogens is 336 g/mol. The molecule has 3 rings (SSSR count). The highest BCUT2D eigenvalue weighted by Gasteiger charge is 2.03. The number of hydrogen-bond acceptors (Lipinski definition) is 3. The quantitative estimate of drug-likeness (QED) is 0.774. The summed E-state index contributed by atoms with van der Waals surface area (Å²) in [4.78, 5) is 12.2. The summed E-state index contributed by atoms with van der Waals surface area (Å²) in [5.41, 5.74) is 1.13. The predicted molar refractivity (Wildman–Crippen MR) is 88.7 cm³/mol. The largest absolute Gasteiger partial charge is 0.383 e. The third-order valence-electron chi connectivity index (χ3n) is 3.10. The topological polar surface area (TPSA) is 34.0 Å². The van der Waals surface area contributed by atoms with Gasteiger partial charge in [-0.3, -0.25) is 4.79 Å².